The van der Waals surface area contributed by atoms with E-state index in [9.17, 15) is 9.59 Å². The Labute approximate surface area is 161 Å². The number of hydrogen-bond donors (Lipinski definition) is 1. The van der Waals surface area contributed by atoms with Gasteiger partial charge < -0.3 is 4.90 Å². The predicted molar refractivity (Wildman–Crippen MR) is 109 cm³/mol. The molecule has 2 aromatic rings. The molecule has 0 saturated carbocycles. The molecule has 7 heteroatoms. The summed E-state index contributed by atoms with van der Waals surface area (Å²) in [6.07, 6.45) is 5.25. The van der Waals surface area contributed by atoms with Gasteiger partial charge in [0, 0.05) is 31.0 Å². The molecule has 2 aliphatic heterocycles. The van der Waals surface area contributed by atoms with Gasteiger partial charge in [-0.3, -0.25) is 15.0 Å². The van der Waals surface area contributed by atoms with Gasteiger partial charge in [0.15, 0.2) is 5.17 Å². The lowest BCUT2D eigenvalue weighted by atomic mass is 10.1. The third-order valence-electron chi connectivity index (χ3n) is 4.81. The zero-order valence-corrected chi connectivity index (χ0v) is 15.9. The van der Waals surface area contributed by atoms with Crippen molar-refractivity contribution in [3.8, 4) is 0 Å². The van der Waals surface area contributed by atoms with E-state index in [4.69, 9.17) is 10.4 Å². The molecule has 0 radical (unpaired) electrons. The number of fused-ring (bicyclic) bond motifs is 1. The summed E-state index contributed by atoms with van der Waals surface area (Å²) in [5.74, 6) is -0.00820. The number of thioether (sulfide) groups is 1. The maximum Gasteiger partial charge on any atom is 0.273 e. The summed E-state index contributed by atoms with van der Waals surface area (Å²) in [5, 5.41) is 8.87. The molecule has 0 aliphatic carbocycles. The van der Waals surface area contributed by atoms with Crippen molar-refractivity contribution >= 4 is 51.5 Å². The molecule has 6 nitrogen and oxygen atoms in total. The Balaban J connectivity index is 1.81. The van der Waals surface area contributed by atoms with Gasteiger partial charge in [0.1, 0.15) is 5.82 Å². The van der Waals surface area contributed by atoms with Crippen LogP contribution < -0.4 is 4.90 Å². The predicted octanol–water partition coefficient (Wildman–Crippen LogP) is 3.62. The van der Waals surface area contributed by atoms with Crippen molar-refractivity contribution in [1.82, 2.24) is 9.88 Å². The van der Waals surface area contributed by atoms with Crippen LogP contribution in [0.2, 0.25) is 0 Å². The van der Waals surface area contributed by atoms with E-state index in [0.29, 0.717) is 4.91 Å². The van der Waals surface area contributed by atoms with Crippen LogP contribution in [0.15, 0.2) is 35.2 Å². The summed E-state index contributed by atoms with van der Waals surface area (Å²) in [6, 6.07) is 9.95. The number of carbonyl (C=O) groups is 2. The maximum absolute atomic E-state index is 12.6. The van der Waals surface area contributed by atoms with Crippen molar-refractivity contribution in [3.05, 3.63) is 40.8 Å². The van der Waals surface area contributed by atoms with Crippen LogP contribution in [0.1, 0.15) is 31.7 Å². The van der Waals surface area contributed by atoms with Crippen LogP contribution in [0.5, 0.6) is 0 Å². The lowest BCUT2D eigenvalue weighted by Crippen LogP contribution is -2.33. The van der Waals surface area contributed by atoms with E-state index in [-0.39, 0.29) is 5.17 Å². The average molecular weight is 380 g/mol. The molecule has 0 bridgehead atoms. The number of amides is 2. The Bertz CT molecular complexity index is 979. The molecule has 3 heterocycles. The van der Waals surface area contributed by atoms with Crippen LogP contribution in [0.25, 0.3) is 17.0 Å². The third-order valence-corrected chi connectivity index (χ3v) is 5.70. The summed E-state index contributed by atoms with van der Waals surface area (Å²) in [5.41, 5.74) is 1.77. The van der Waals surface area contributed by atoms with Crippen molar-refractivity contribution in [3.63, 3.8) is 0 Å². The molecule has 0 atom stereocenters. The fourth-order valence-electron chi connectivity index (χ4n) is 3.50. The summed E-state index contributed by atoms with van der Waals surface area (Å²) < 4.78 is 0. The number of para-hydroxylation sites is 1. The first-order chi connectivity index (χ1) is 13.0. The Kier molecular flexibility index (Phi) is 4.70. The highest BCUT2D eigenvalue weighted by Crippen LogP contribution is 2.35. The Morgan fingerprint density at radius 3 is 2.67 bits per heavy atom. The van der Waals surface area contributed by atoms with E-state index in [2.05, 4.69) is 4.90 Å². The molecule has 0 unspecified atom stereocenters. The first-order valence-corrected chi connectivity index (χ1v) is 9.84. The zero-order valence-electron chi connectivity index (χ0n) is 15.1. The molecule has 4 rings (SSSR count). The molecule has 27 heavy (non-hydrogen) atoms. The third kappa shape index (κ3) is 3.35. The standard InChI is InChI=1S/C20H20N4O2S/c1-13(25)24-19(26)17(27-20(24)21)12-15-11-14-7-3-4-8-16(14)22-18(15)23-9-5-2-6-10-23/h3-4,7-8,11-12,21H,2,5-6,9-10H2,1H3. The van der Waals surface area contributed by atoms with E-state index >= 15 is 0 Å². The van der Waals surface area contributed by atoms with Crippen LogP contribution in [0, 0.1) is 5.41 Å². The number of hydrogen-bond acceptors (Lipinski definition) is 6. The minimum atomic E-state index is -0.436. The highest BCUT2D eigenvalue weighted by atomic mass is 32.2. The van der Waals surface area contributed by atoms with E-state index in [1.807, 2.05) is 30.3 Å². The van der Waals surface area contributed by atoms with Gasteiger partial charge in [0.2, 0.25) is 5.91 Å². The Hall–Kier alpha value is -2.67. The fraction of sp³-hybridized carbons (Fsp3) is 0.300. The van der Waals surface area contributed by atoms with Gasteiger partial charge in [-0.15, -0.1) is 0 Å². The van der Waals surface area contributed by atoms with E-state index < -0.39 is 11.8 Å². The second-order valence-electron chi connectivity index (χ2n) is 6.72. The molecule has 1 aromatic heterocycles. The molecule has 138 valence electrons. The molecule has 2 aliphatic rings. The molecule has 0 spiro atoms. The lowest BCUT2D eigenvalue weighted by Gasteiger charge is -2.29. The van der Waals surface area contributed by atoms with Gasteiger partial charge in [-0.1, -0.05) is 18.2 Å². The van der Waals surface area contributed by atoms with Crippen LogP contribution in [-0.2, 0) is 9.59 Å². The first kappa shape index (κ1) is 17.7. The molecule has 2 saturated heterocycles. The number of pyridine rings is 1. The summed E-state index contributed by atoms with van der Waals surface area (Å²) in [6.45, 7) is 3.18. The molecule has 2 amide bonds. The first-order valence-electron chi connectivity index (χ1n) is 9.02. The van der Waals surface area contributed by atoms with Gasteiger partial charge in [0.05, 0.1) is 10.4 Å². The number of amidine groups is 1. The number of rotatable bonds is 2. The highest BCUT2D eigenvalue weighted by Gasteiger charge is 2.35. The summed E-state index contributed by atoms with van der Waals surface area (Å²) in [4.78, 5) is 32.6. The normalized spacial score (nSPS) is 19.4. The van der Waals surface area contributed by atoms with Gasteiger partial charge in [-0.25, -0.2) is 9.88 Å². The number of piperidine rings is 1. The maximum atomic E-state index is 12.6. The topological polar surface area (TPSA) is 77.4 Å². The van der Waals surface area contributed by atoms with E-state index in [0.717, 1.165) is 64.9 Å². The zero-order chi connectivity index (χ0) is 19.0. The minimum absolute atomic E-state index is 0.0491. The largest absolute Gasteiger partial charge is 0.356 e. The Morgan fingerprint density at radius 1 is 1.22 bits per heavy atom. The quantitative estimate of drug-likeness (QED) is 0.805. The number of imide groups is 1. The minimum Gasteiger partial charge on any atom is -0.356 e. The van der Waals surface area contributed by atoms with Crippen molar-refractivity contribution in [2.75, 3.05) is 18.0 Å². The smallest absolute Gasteiger partial charge is 0.273 e. The van der Waals surface area contributed by atoms with Crippen molar-refractivity contribution < 1.29 is 9.59 Å². The Morgan fingerprint density at radius 2 is 1.96 bits per heavy atom. The van der Waals surface area contributed by atoms with Gasteiger partial charge in [-0.2, -0.15) is 0 Å². The van der Waals surface area contributed by atoms with Gasteiger partial charge in [0.25, 0.3) is 5.91 Å². The van der Waals surface area contributed by atoms with E-state index in [1.54, 1.807) is 6.08 Å². The summed E-state index contributed by atoms with van der Waals surface area (Å²) >= 11 is 1.02. The number of aromatic nitrogens is 1. The number of nitrogens with zero attached hydrogens (tertiary/aromatic N) is 3. The number of anilines is 1. The molecule has 2 fully saturated rings. The lowest BCUT2D eigenvalue weighted by molar-refractivity contribution is -0.135. The summed E-state index contributed by atoms with van der Waals surface area (Å²) in [7, 11) is 0. The fourth-order valence-corrected chi connectivity index (χ4v) is 4.38. The molecular formula is C20H20N4O2S. The number of benzene rings is 1. The SMILES string of the molecule is CC(=O)N1C(=N)SC(=Cc2cc3ccccc3nc2N2CCCCC2)C1=O. The van der Waals surface area contributed by atoms with Gasteiger partial charge in [-0.05, 0) is 49.2 Å². The van der Waals surface area contributed by atoms with E-state index in [1.165, 1.54) is 13.3 Å². The molecule has 1 aromatic carbocycles. The second kappa shape index (κ2) is 7.15. The molecule has 1 N–H and O–H groups in total. The second-order valence-corrected chi connectivity index (χ2v) is 7.75. The van der Waals surface area contributed by atoms with Crippen molar-refractivity contribution in [1.29, 1.82) is 5.41 Å². The monoisotopic (exact) mass is 380 g/mol. The van der Waals surface area contributed by atoms with Gasteiger partial charge >= 0.3 is 0 Å². The highest BCUT2D eigenvalue weighted by molar-refractivity contribution is 8.18. The van der Waals surface area contributed by atoms with Crippen LogP contribution in [0.3, 0.4) is 0 Å². The number of nitrogens with one attached hydrogen (secondary N) is 1. The van der Waals surface area contributed by atoms with Crippen LogP contribution >= 0.6 is 11.8 Å². The van der Waals surface area contributed by atoms with Crippen LogP contribution in [0.4, 0.5) is 5.82 Å². The van der Waals surface area contributed by atoms with Crippen LogP contribution in [-0.4, -0.2) is 40.0 Å². The van der Waals surface area contributed by atoms with Crippen molar-refractivity contribution in [2.24, 2.45) is 0 Å². The molecular weight excluding hydrogens is 360 g/mol. The average Bonchev–Trinajstić information content (AvgIpc) is 2.95. The number of carbonyl (C=O) groups excluding carboxylic acids is 2. The van der Waals surface area contributed by atoms with Crippen molar-refractivity contribution in [2.45, 2.75) is 26.2 Å².